The van der Waals surface area contributed by atoms with Gasteiger partial charge in [-0.3, -0.25) is 4.79 Å². The summed E-state index contributed by atoms with van der Waals surface area (Å²) in [4.78, 5) is 12.4. The number of ether oxygens (including phenoxy) is 3. The van der Waals surface area contributed by atoms with E-state index in [1.54, 1.807) is 32.4 Å². The number of carbonyl (C=O) groups is 1. The van der Waals surface area contributed by atoms with Gasteiger partial charge in [0.25, 0.3) is 0 Å². The van der Waals surface area contributed by atoms with Crippen LogP contribution in [0.5, 0.6) is 23.0 Å². The Hall–Kier alpha value is -2.95. The zero-order valence-corrected chi connectivity index (χ0v) is 14.1. The molecule has 24 heavy (non-hydrogen) atoms. The highest BCUT2D eigenvalue weighted by atomic mass is 16.5. The third-order valence-corrected chi connectivity index (χ3v) is 3.65. The van der Waals surface area contributed by atoms with Crippen LogP contribution >= 0.6 is 0 Å². The Morgan fingerprint density at radius 1 is 0.917 bits per heavy atom. The lowest BCUT2D eigenvalue weighted by Gasteiger charge is -2.11. The molecule has 2 rings (SSSR count). The summed E-state index contributed by atoms with van der Waals surface area (Å²) in [7, 11) is 4.63. The summed E-state index contributed by atoms with van der Waals surface area (Å²) >= 11 is 0. The summed E-state index contributed by atoms with van der Waals surface area (Å²) in [5.74, 6) is 1.34. The molecule has 0 fully saturated rings. The largest absolute Gasteiger partial charge is 0.507 e. The van der Waals surface area contributed by atoms with Crippen molar-refractivity contribution in [2.75, 3.05) is 21.3 Å². The highest BCUT2D eigenvalue weighted by Gasteiger charge is 2.13. The first-order valence-electron chi connectivity index (χ1n) is 7.32. The standard InChI is InChI=1S/C19H20O5/c1-12(15-7-5-14(23-3)11-19(15)24-4)9-17(20)16-8-6-13(22-2)10-18(16)21/h5-11,21H,1-4H3/b12-9+. The van der Waals surface area contributed by atoms with Crippen LogP contribution in [0.3, 0.4) is 0 Å². The Bertz CT molecular complexity index is 777. The number of aromatic hydroxyl groups is 1. The summed E-state index contributed by atoms with van der Waals surface area (Å²) in [5, 5.41) is 9.97. The molecule has 1 N–H and O–H groups in total. The van der Waals surface area contributed by atoms with Crippen molar-refractivity contribution in [2.24, 2.45) is 0 Å². The lowest BCUT2D eigenvalue weighted by atomic mass is 10.0. The van der Waals surface area contributed by atoms with Crippen LogP contribution in [-0.4, -0.2) is 32.2 Å². The fourth-order valence-corrected chi connectivity index (χ4v) is 2.32. The van der Waals surface area contributed by atoms with Gasteiger partial charge in [0, 0.05) is 17.7 Å². The molecule has 0 aromatic heterocycles. The second kappa shape index (κ2) is 7.55. The second-order valence-corrected chi connectivity index (χ2v) is 5.14. The third-order valence-electron chi connectivity index (χ3n) is 3.65. The number of carbonyl (C=O) groups excluding carboxylic acids is 1. The molecule has 0 spiro atoms. The van der Waals surface area contributed by atoms with Crippen LogP contribution in [0.25, 0.3) is 5.57 Å². The Balaban J connectivity index is 2.35. The molecule has 0 aliphatic heterocycles. The molecule has 0 radical (unpaired) electrons. The van der Waals surface area contributed by atoms with Gasteiger partial charge in [0.05, 0.1) is 26.9 Å². The van der Waals surface area contributed by atoms with Crippen molar-refractivity contribution >= 4 is 11.4 Å². The van der Waals surface area contributed by atoms with E-state index in [9.17, 15) is 9.90 Å². The number of allylic oxidation sites excluding steroid dienone is 2. The Kier molecular flexibility index (Phi) is 5.47. The molecule has 0 saturated heterocycles. The minimum Gasteiger partial charge on any atom is -0.507 e. The maximum absolute atomic E-state index is 12.4. The number of benzene rings is 2. The van der Waals surface area contributed by atoms with E-state index in [1.807, 2.05) is 13.0 Å². The molecule has 0 atom stereocenters. The van der Waals surface area contributed by atoms with Crippen molar-refractivity contribution in [3.8, 4) is 23.0 Å². The molecule has 126 valence electrons. The lowest BCUT2D eigenvalue weighted by Crippen LogP contribution is -1.98. The fraction of sp³-hybridized carbons (Fsp3) is 0.211. The smallest absolute Gasteiger partial charge is 0.189 e. The van der Waals surface area contributed by atoms with Gasteiger partial charge in [0.15, 0.2) is 5.78 Å². The first-order chi connectivity index (χ1) is 11.5. The molecule has 0 amide bonds. The van der Waals surface area contributed by atoms with Crippen molar-refractivity contribution in [1.29, 1.82) is 0 Å². The normalized spacial score (nSPS) is 11.1. The highest BCUT2D eigenvalue weighted by molar-refractivity contribution is 6.10. The zero-order valence-electron chi connectivity index (χ0n) is 14.1. The highest BCUT2D eigenvalue weighted by Crippen LogP contribution is 2.31. The monoisotopic (exact) mass is 328 g/mol. The minimum absolute atomic E-state index is 0.120. The number of methoxy groups -OCH3 is 3. The SMILES string of the molecule is COc1ccc(C(=O)/C=C(\C)c2ccc(OC)cc2OC)c(O)c1. The van der Waals surface area contributed by atoms with Crippen LogP contribution in [0.4, 0.5) is 0 Å². The molecule has 0 heterocycles. The molecule has 0 aliphatic rings. The predicted molar refractivity (Wildman–Crippen MR) is 92.2 cm³/mol. The van der Waals surface area contributed by atoms with Crippen molar-refractivity contribution in [3.05, 3.63) is 53.6 Å². The molecule has 5 heteroatoms. The Morgan fingerprint density at radius 3 is 2.04 bits per heavy atom. The number of hydrogen-bond donors (Lipinski definition) is 1. The number of hydrogen-bond acceptors (Lipinski definition) is 5. The van der Waals surface area contributed by atoms with Gasteiger partial charge in [-0.1, -0.05) is 0 Å². The van der Waals surface area contributed by atoms with Gasteiger partial charge in [-0.15, -0.1) is 0 Å². The molecule has 2 aromatic rings. The first kappa shape index (κ1) is 17.4. The topological polar surface area (TPSA) is 65.0 Å². The van der Waals surface area contributed by atoms with E-state index >= 15 is 0 Å². The van der Waals surface area contributed by atoms with E-state index in [0.717, 1.165) is 11.1 Å². The molecule has 0 bridgehead atoms. The Labute approximate surface area is 141 Å². The zero-order chi connectivity index (χ0) is 17.7. The number of phenolic OH excluding ortho intramolecular Hbond substituents is 1. The Morgan fingerprint density at radius 2 is 1.50 bits per heavy atom. The van der Waals surface area contributed by atoms with Crippen LogP contribution in [0.1, 0.15) is 22.8 Å². The quantitative estimate of drug-likeness (QED) is 0.647. The predicted octanol–water partition coefficient (Wildman–Crippen LogP) is 3.70. The van der Waals surface area contributed by atoms with E-state index in [1.165, 1.54) is 25.3 Å². The van der Waals surface area contributed by atoms with Gasteiger partial charge < -0.3 is 19.3 Å². The van der Waals surface area contributed by atoms with Crippen molar-refractivity contribution in [1.82, 2.24) is 0 Å². The van der Waals surface area contributed by atoms with Crippen molar-refractivity contribution in [3.63, 3.8) is 0 Å². The summed E-state index contributed by atoms with van der Waals surface area (Å²) < 4.78 is 15.5. The molecule has 0 aliphatic carbocycles. The summed E-state index contributed by atoms with van der Waals surface area (Å²) in [6.45, 7) is 1.81. The minimum atomic E-state index is -0.300. The van der Waals surface area contributed by atoms with Gasteiger partial charge in [0.2, 0.25) is 0 Å². The fourth-order valence-electron chi connectivity index (χ4n) is 2.32. The van der Waals surface area contributed by atoms with Crippen LogP contribution in [-0.2, 0) is 0 Å². The lowest BCUT2D eigenvalue weighted by molar-refractivity contribution is 0.104. The van der Waals surface area contributed by atoms with E-state index in [0.29, 0.717) is 17.2 Å². The number of ketones is 1. The average Bonchev–Trinajstić information content (AvgIpc) is 2.60. The summed E-state index contributed by atoms with van der Waals surface area (Å²) in [5.41, 5.74) is 1.71. The van der Waals surface area contributed by atoms with Gasteiger partial charge in [0.1, 0.15) is 23.0 Å². The van der Waals surface area contributed by atoms with E-state index in [-0.39, 0.29) is 17.1 Å². The second-order valence-electron chi connectivity index (χ2n) is 5.14. The molecule has 0 saturated carbocycles. The molecular formula is C19H20O5. The number of rotatable bonds is 6. The molecule has 0 unspecified atom stereocenters. The van der Waals surface area contributed by atoms with Gasteiger partial charge in [-0.05, 0) is 42.8 Å². The summed E-state index contributed by atoms with van der Waals surface area (Å²) in [6.07, 6.45) is 1.46. The summed E-state index contributed by atoms with van der Waals surface area (Å²) in [6, 6.07) is 9.94. The van der Waals surface area contributed by atoms with Gasteiger partial charge >= 0.3 is 0 Å². The third kappa shape index (κ3) is 3.68. The van der Waals surface area contributed by atoms with Gasteiger partial charge in [-0.25, -0.2) is 0 Å². The molecule has 2 aromatic carbocycles. The maximum Gasteiger partial charge on any atom is 0.189 e. The van der Waals surface area contributed by atoms with Crippen LogP contribution in [0, 0.1) is 0 Å². The van der Waals surface area contributed by atoms with E-state index in [4.69, 9.17) is 14.2 Å². The van der Waals surface area contributed by atoms with E-state index in [2.05, 4.69) is 0 Å². The van der Waals surface area contributed by atoms with Crippen LogP contribution < -0.4 is 14.2 Å². The van der Waals surface area contributed by atoms with Crippen molar-refractivity contribution in [2.45, 2.75) is 6.92 Å². The van der Waals surface area contributed by atoms with Gasteiger partial charge in [-0.2, -0.15) is 0 Å². The van der Waals surface area contributed by atoms with Crippen LogP contribution in [0.2, 0.25) is 0 Å². The average molecular weight is 328 g/mol. The van der Waals surface area contributed by atoms with Crippen molar-refractivity contribution < 1.29 is 24.1 Å². The first-order valence-corrected chi connectivity index (χ1v) is 7.32. The molecule has 5 nitrogen and oxygen atoms in total. The van der Waals surface area contributed by atoms with E-state index < -0.39 is 0 Å². The van der Waals surface area contributed by atoms with Crippen LogP contribution in [0.15, 0.2) is 42.5 Å². The number of phenols is 1. The maximum atomic E-state index is 12.4. The molecular weight excluding hydrogens is 308 g/mol.